The van der Waals surface area contributed by atoms with Crippen LogP contribution in [-0.4, -0.2) is 20.1 Å². The number of nitrogens with one attached hydrogen (secondary N) is 1. The molecule has 0 bridgehead atoms. The standard InChI is InChI=1S/C13H11N3OS/c17-10-5-6-14-9(7-10)8-18-13-15-11-3-1-2-4-12(11)16-13/h1-7H,8H2,(H,14,17)(H,15,16). The summed E-state index contributed by atoms with van der Waals surface area (Å²) in [7, 11) is 0. The van der Waals surface area contributed by atoms with E-state index in [9.17, 15) is 5.11 Å². The minimum atomic E-state index is 0.241. The average molecular weight is 257 g/mol. The first-order valence-electron chi connectivity index (χ1n) is 5.53. The number of H-pyrrole nitrogens is 1. The monoisotopic (exact) mass is 257 g/mol. The molecule has 2 N–H and O–H groups in total. The fourth-order valence-corrected chi connectivity index (χ4v) is 2.47. The highest BCUT2D eigenvalue weighted by Gasteiger charge is 2.04. The lowest BCUT2D eigenvalue weighted by molar-refractivity contribution is 0.474. The van der Waals surface area contributed by atoms with E-state index in [4.69, 9.17) is 0 Å². The first-order valence-corrected chi connectivity index (χ1v) is 6.51. The van der Waals surface area contributed by atoms with Crippen molar-refractivity contribution in [1.29, 1.82) is 0 Å². The molecule has 5 heteroatoms. The molecule has 0 saturated carbocycles. The summed E-state index contributed by atoms with van der Waals surface area (Å²) in [4.78, 5) is 11.9. The zero-order valence-corrected chi connectivity index (χ0v) is 10.3. The normalized spacial score (nSPS) is 10.9. The molecule has 3 rings (SSSR count). The third-order valence-corrected chi connectivity index (χ3v) is 3.43. The molecular weight excluding hydrogens is 246 g/mol. The minimum absolute atomic E-state index is 0.241. The van der Waals surface area contributed by atoms with Crippen LogP contribution in [0.5, 0.6) is 5.75 Å². The summed E-state index contributed by atoms with van der Waals surface area (Å²) in [6, 6.07) is 11.1. The highest BCUT2D eigenvalue weighted by molar-refractivity contribution is 7.98. The molecule has 0 fully saturated rings. The topological polar surface area (TPSA) is 61.8 Å². The lowest BCUT2D eigenvalue weighted by Gasteiger charge is -1.98. The van der Waals surface area contributed by atoms with E-state index in [1.54, 1.807) is 30.1 Å². The minimum Gasteiger partial charge on any atom is -0.508 e. The molecule has 0 aliphatic carbocycles. The number of aromatic amines is 1. The Hall–Kier alpha value is -2.01. The van der Waals surface area contributed by atoms with Crippen molar-refractivity contribution in [2.45, 2.75) is 10.9 Å². The average Bonchev–Trinajstić information content (AvgIpc) is 2.79. The van der Waals surface area contributed by atoms with Crippen LogP contribution in [0.15, 0.2) is 47.8 Å². The number of thioether (sulfide) groups is 1. The second kappa shape index (κ2) is 4.70. The molecule has 0 spiro atoms. The highest BCUT2D eigenvalue weighted by Crippen LogP contribution is 2.23. The van der Waals surface area contributed by atoms with Crippen molar-refractivity contribution in [3.05, 3.63) is 48.3 Å². The number of aromatic nitrogens is 3. The van der Waals surface area contributed by atoms with Crippen molar-refractivity contribution < 1.29 is 5.11 Å². The number of para-hydroxylation sites is 2. The Labute approximate surface area is 108 Å². The van der Waals surface area contributed by atoms with Crippen LogP contribution in [0.4, 0.5) is 0 Å². The fraction of sp³-hybridized carbons (Fsp3) is 0.0769. The molecule has 0 saturated heterocycles. The van der Waals surface area contributed by atoms with Gasteiger partial charge in [-0.2, -0.15) is 0 Å². The molecule has 90 valence electrons. The van der Waals surface area contributed by atoms with Crippen LogP contribution in [0.25, 0.3) is 11.0 Å². The molecule has 2 heterocycles. The molecule has 0 amide bonds. The summed E-state index contributed by atoms with van der Waals surface area (Å²) >= 11 is 1.57. The van der Waals surface area contributed by atoms with Crippen LogP contribution >= 0.6 is 11.8 Å². The van der Waals surface area contributed by atoms with Gasteiger partial charge in [-0.1, -0.05) is 23.9 Å². The van der Waals surface area contributed by atoms with E-state index in [2.05, 4.69) is 15.0 Å². The maximum absolute atomic E-state index is 9.35. The maximum Gasteiger partial charge on any atom is 0.166 e. The van der Waals surface area contributed by atoms with Crippen LogP contribution < -0.4 is 0 Å². The molecule has 4 nitrogen and oxygen atoms in total. The number of aromatic hydroxyl groups is 1. The van der Waals surface area contributed by atoms with Crippen molar-refractivity contribution in [2.75, 3.05) is 0 Å². The van der Waals surface area contributed by atoms with Crippen LogP contribution in [0.3, 0.4) is 0 Å². The van der Waals surface area contributed by atoms with Gasteiger partial charge in [-0.3, -0.25) is 4.98 Å². The molecule has 0 radical (unpaired) electrons. The Kier molecular flexibility index (Phi) is 2.90. The molecular formula is C13H11N3OS. The van der Waals surface area contributed by atoms with E-state index in [1.807, 2.05) is 24.3 Å². The number of pyridine rings is 1. The number of benzene rings is 1. The van der Waals surface area contributed by atoms with Crippen molar-refractivity contribution in [3.8, 4) is 5.75 Å². The second-order valence-corrected chi connectivity index (χ2v) is 4.82. The third-order valence-electron chi connectivity index (χ3n) is 2.52. The maximum atomic E-state index is 9.35. The lowest BCUT2D eigenvalue weighted by atomic mass is 10.3. The largest absolute Gasteiger partial charge is 0.508 e. The van der Waals surface area contributed by atoms with Crippen molar-refractivity contribution in [2.24, 2.45) is 0 Å². The molecule has 0 atom stereocenters. The van der Waals surface area contributed by atoms with Gasteiger partial charge in [0.1, 0.15) is 5.75 Å². The Balaban J connectivity index is 1.76. The molecule has 18 heavy (non-hydrogen) atoms. The summed E-state index contributed by atoms with van der Waals surface area (Å²) in [6.45, 7) is 0. The molecule has 2 aromatic heterocycles. The van der Waals surface area contributed by atoms with Gasteiger partial charge in [-0.25, -0.2) is 4.98 Å². The SMILES string of the molecule is Oc1ccnc(CSc2nc3ccccc3[nH]2)c1. The van der Waals surface area contributed by atoms with E-state index in [0.29, 0.717) is 5.75 Å². The van der Waals surface area contributed by atoms with Crippen LogP contribution in [0.1, 0.15) is 5.69 Å². The van der Waals surface area contributed by atoms with Gasteiger partial charge in [0.25, 0.3) is 0 Å². The van der Waals surface area contributed by atoms with Gasteiger partial charge in [0.05, 0.1) is 16.7 Å². The summed E-state index contributed by atoms with van der Waals surface area (Å²) in [6.07, 6.45) is 1.60. The van der Waals surface area contributed by atoms with Gasteiger partial charge in [0.2, 0.25) is 0 Å². The number of nitrogens with zero attached hydrogens (tertiary/aromatic N) is 2. The number of imidazole rings is 1. The summed E-state index contributed by atoms with van der Waals surface area (Å²) in [5.74, 6) is 0.916. The molecule has 3 aromatic rings. The van der Waals surface area contributed by atoms with Crippen molar-refractivity contribution in [1.82, 2.24) is 15.0 Å². The first-order chi connectivity index (χ1) is 8.81. The summed E-state index contributed by atoms with van der Waals surface area (Å²) in [5, 5.41) is 10.2. The Bertz CT molecular complexity index is 648. The van der Waals surface area contributed by atoms with Gasteiger partial charge in [-0.15, -0.1) is 0 Å². The van der Waals surface area contributed by atoms with Crippen molar-refractivity contribution >= 4 is 22.8 Å². The predicted octanol–water partition coefficient (Wildman–Crippen LogP) is 2.96. The van der Waals surface area contributed by atoms with Gasteiger partial charge in [-0.05, 0) is 18.2 Å². The van der Waals surface area contributed by atoms with E-state index >= 15 is 0 Å². The van der Waals surface area contributed by atoms with Crippen LogP contribution in [-0.2, 0) is 5.75 Å². The number of hydrogen-bond donors (Lipinski definition) is 2. The van der Waals surface area contributed by atoms with E-state index < -0.39 is 0 Å². The van der Waals surface area contributed by atoms with E-state index in [0.717, 1.165) is 21.9 Å². The van der Waals surface area contributed by atoms with Crippen LogP contribution in [0, 0.1) is 0 Å². The first kappa shape index (κ1) is 11.1. The number of fused-ring (bicyclic) bond motifs is 1. The summed E-state index contributed by atoms with van der Waals surface area (Å²) in [5.41, 5.74) is 2.83. The molecule has 0 aliphatic rings. The van der Waals surface area contributed by atoms with Gasteiger partial charge in [0, 0.05) is 18.0 Å². The van der Waals surface area contributed by atoms with Gasteiger partial charge < -0.3 is 10.1 Å². The summed E-state index contributed by atoms with van der Waals surface area (Å²) < 4.78 is 0. The van der Waals surface area contributed by atoms with Crippen LogP contribution in [0.2, 0.25) is 0 Å². The quantitative estimate of drug-likeness (QED) is 0.708. The third kappa shape index (κ3) is 2.31. The smallest absolute Gasteiger partial charge is 0.166 e. The molecule has 0 unspecified atom stereocenters. The zero-order chi connectivity index (χ0) is 12.4. The van der Waals surface area contributed by atoms with Crippen molar-refractivity contribution in [3.63, 3.8) is 0 Å². The van der Waals surface area contributed by atoms with Gasteiger partial charge >= 0.3 is 0 Å². The molecule has 1 aromatic carbocycles. The molecule has 0 aliphatic heterocycles. The fourth-order valence-electron chi connectivity index (χ4n) is 1.68. The Morgan fingerprint density at radius 2 is 2.11 bits per heavy atom. The number of hydrogen-bond acceptors (Lipinski definition) is 4. The number of rotatable bonds is 3. The van der Waals surface area contributed by atoms with E-state index in [-0.39, 0.29) is 5.75 Å². The Morgan fingerprint density at radius 3 is 2.94 bits per heavy atom. The lowest BCUT2D eigenvalue weighted by Crippen LogP contribution is -1.85. The van der Waals surface area contributed by atoms with E-state index in [1.165, 1.54) is 0 Å². The predicted molar refractivity (Wildman–Crippen MR) is 71.6 cm³/mol. The highest BCUT2D eigenvalue weighted by atomic mass is 32.2. The second-order valence-electron chi connectivity index (χ2n) is 3.85. The van der Waals surface area contributed by atoms with Gasteiger partial charge in [0.15, 0.2) is 5.16 Å². The zero-order valence-electron chi connectivity index (χ0n) is 9.50. The Morgan fingerprint density at radius 1 is 1.22 bits per heavy atom.